The van der Waals surface area contributed by atoms with Crippen LogP contribution in [0.3, 0.4) is 0 Å². The summed E-state index contributed by atoms with van der Waals surface area (Å²) in [4.78, 5) is 32.1. The summed E-state index contributed by atoms with van der Waals surface area (Å²) in [5.41, 5.74) is 4.95. The molecular formula is C23H25N3O2. The third kappa shape index (κ3) is 3.21. The number of aromatic nitrogens is 2. The Morgan fingerprint density at radius 1 is 1.21 bits per heavy atom. The molecule has 144 valence electrons. The molecule has 1 aromatic heterocycles. The highest BCUT2D eigenvalue weighted by Crippen LogP contribution is 2.30. The number of carbonyl (C=O) groups is 1. The summed E-state index contributed by atoms with van der Waals surface area (Å²) in [6, 6.07) is 11.9. The normalized spacial score (nSPS) is 13.8. The number of carbonyl (C=O) groups excluding carboxylic acids is 1. The molecule has 2 aromatic carbocycles. The third-order valence-corrected chi connectivity index (χ3v) is 5.55. The Morgan fingerprint density at radius 2 is 2.04 bits per heavy atom. The summed E-state index contributed by atoms with van der Waals surface area (Å²) in [7, 11) is 0. The highest BCUT2D eigenvalue weighted by atomic mass is 16.2. The van der Waals surface area contributed by atoms with Gasteiger partial charge in [0.15, 0.2) is 0 Å². The SMILES string of the molecule is Cc1cccc2c(=O)n(CC(=O)N3CCCc4cc(C(C)C)ccc43)cnc12. The molecule has 0 N–H and O–H groups in total. The number of anilines is 1. The smallest absolute Gasteiger partial charge is 0.261 e. The van der Waals surface area contributed by atoms with E-state index in [1.807, 2.05) is 30.0 Å². The van der Waals surface area contributed by atoms with Crippen LogP contribution in [0.1, 0.15) is 42.9 Å². The van der Waals surface area contributed by atoms with Crippen molar-refractivity contribution in [2.45, 2.75) is 46.1 Å². The molecule has 0 bridgehead atoms. The Morgan fingerprint density at radius 3 is 2.82 bits per heavy atom. The highest BCUT2D eigenvalue weighted by Gasteiger charge is 2.23. The first-order valence-corrected chi connectivity index (χ1v) is 9.83. The molecule has 28 heavy (non-hydrogen) atoms. The standard InChI is InChI=1S/C23H25N3O2/c1-15(2)17-9-10-20-18(12-17)7-5-11-26(20)21(27)13-25-14-24-22-16(3)6-4-8-19(22)23(25)28/h4,6,8-10,12,14-15H,5,7,11,13H2,1-3H3. The van der Waals surface area contributed by atoms with Gasteiger partial charge in [-0.1, -0.05) is 38.1 Å². The molecule has 4 rings (SSSR count). The van der Waals surface area contributed by atoms with Crippen molar-refractivity contribution in [3.8, 4) is 0 Å². The Hall–Kier alpha value is -2.95. The molecule has 0 unspecified atom stereocenters. The van der Waals surface area contributed by atoms with Crippen molar-refractivity contribution < 1.29 is 4.79 Å². The predicted molar refractivity (Wildman–Crippen MR) is 112 cm³/mol. The van der Waals surface area contributed by atoms with Gasteiger partial charge < -0.3 is 4.90 Å². The summed E-state index contributed by atoms with van der Waals surface area (Å²) in [6.07, 6.45) is 3.41. The van der Waals surface area contributed by atoms with Crippen molar-refractivity contribution in [2.24, 2.45) is 0 Å². The zero-order valence-electron chi connectivity index (χ0n) is 16.6. The number of fused-ring (bicyclic) bond motifs is 2. The van der Waals surface area contributed by atoms with Crippen LogP contribution in [0, 0.1) is 6.92 Å². The summed E-state index contributed by atoms with van der Waals surface area (Å²) in [5.74, 6) is 0.385. The molecule has 5 heteroatoms. The summed E-state index contributed by atoms with van der Waals surface area (Å²) in [5, 5.41) is 0.552. The molecule has 0 saturated heterocycles. The maximum atomic E-state index is 13.0. The summed E-state index contributed by atoms with van der Waals surface area (Å²) < 4.78 is 1.42. The maximum absolute atomic E-state index is 13.0. The van der Waals surface area contributed by atoms with Crippen LogP contribution in [0.5, 0.6) is 0 Å². The van der Waals surface area contributed by atoms with E-state index in [1.54, 1.807) is 6.07 Å². The monoisotopic (exact) mass is 375 g/mol. The quantitative estimate of drug-likeness (QED) is 0.699. The second kappa shape index (κ2) is 7.23. The molecule has 1 amide bonds. The Labute approximate surface area is 164 Å². The average molecular weight is 375 g/mol. The number of nitrogens with zero attached hydrogens (tertiary/aromatic N) is 3. The Bertz CT molecular complexity index is 1110. The van der Waals surface area contributed by atoms with Crippen molar-refractivity contribution in [2.75, 3.05) is 11.4 Å². The molecule has 0 aliphatic carbocycles. The van der Waals surface area contributed by atoms with Crippen molar-refractivity contribution in [1.82, 2.24) is 9.55 Å². The average Bonchev–Trinajstić information content (AvgIpc) is 2.69. The van der Waals surface area contributed by atoms with Gasteiger partial charge in [-0.25, -0.2) is 4.98 Å². The lowest BCUT2D eigenvalue weighted by Gasteiger charge is -2.30. The minimum Gasteiger partial charge on any atom is -0.311 e. The van der Waals surface area contributed by atoms with Crippen LogP contribution in [-0.2, 0) is 17.8 Å². The van der Waals surface area contributed by atoms with Crippen LogP contribution >= 0.6 is 0 Å². The molecule has 5 nitrogen and oxygen atoms in total. The zero-order chi connectivity index (χ0) is 19.8. The number of aryl methyl sites for hydroxylation is 2. The fraction of sp³-hybridized carbons (Fsp3) is 0.348. The molecule has 0 saturated carbocycles. The van der Waals surface area contributed by atoms with Gasteiger partial charge in [-0.15, -0.1) is 0 Å². The van der Waals surface area contributed by atoms with Crippen LogP contribution in [0.25, 0.3) is 10.9 Å². The number of benzene rings is 2. The second-order valence-electron chi connectivity index (χ2n) is 7.84. The molecule has 0 fully saturated rings. The van der Waals surface area contributed by atoms with Gasteiger partial charge in [0.1, 0.15) is 6.54 Å². The Balaban J connectivity index is 1.65. The van der Waals surface area contributed by atoms with Crippen LogP contribution in [-0.4, -0.2) is 22.0 Å². The predicted octanol–water partition coefficient (Wildman–Crippen LogP) is 3.81. The number of rotatable bonds is 3. The molecule has 0 atom stereocenters. The van der Waals surface area contributed by atoms with Gasteiger partial charge in [0.2, 0.25) is 5.91 Å². The lowest BCUT2D eigenvalue weighted by Crippen LogP contribution is -2.39. The van der Waals surface area contributed by atoms with Gasteiger partial charge in [0.05, 0.1) is 17.2 Å². The highest BCUT2D eigenvalue weighted by molar-refractivity contribution is 5.94. The van der Waals surface area contributed by atoms with Crippen molar-refractivity contribution in [1.29, 1.82) is 0 Å². The fourth-order valence-corrected chi connectivity index (χ4v) is 3.92. The first-order valence-electron chi connectivity index (χ1n) is 9.83. The minimum absolute atomic E-state index is 0.00108. The van der Waals surface area contributed by atoms with E-state index in [0.29, 0.717) is 23.4 Å². The Kier molecular flexibility index (Phi) is 4.75. The second-order valence-corrected chi connectivity index (χ2v) is 7.84. The van der Waals surface area contributed by atoms with E-state index in [0.717, 1.165) is 24.1 Å². The zero-order valence-corrected chi connectivity index (χ0v) is 16.6. The molecule has 3 aromatic rings. The molecule has 2 heterocycles. The third-order valence-electron chi connectivity index (χ3n) is 5.55. The topological polar surface area (TPSA) is 55.2 Å². The van der Waals surface area contributed by atoms with Crippen LogP contribution in [0.2, 0.25) is 0 Å². The van der Waals surface area contributed by atoms with Gasteiger partial charge in [-0.05, 0) is 54.5 Å². The lowest BCUT2D eigenvalue weighted by atomic mass is 9.95. The van der Waals surface area contributed by atoms with E-state index in [-0.39, 0.29) is 18.0 Å². The van der Waals surface area contributed by atoms with Gasteiger partial charge in [0, 0.05) is 12.2 Å². The van der Waals surface area contributed by atoms with E-state index in [9.17, 15) is 9.59 Å². The largest absolute Gasteiger partial charge is 0.311 e. The van der Waals surface area contributed by atoms with Crippen molar-refractivity contribution in [3.05, 3.63) is 69.8 Å². The molecule has 0 spiro atoms. The maximum Gasteiger partial charge on any atom is 0.261 e. The van der Waals surface area contributed by atoms with Crippen LogP contribution in [0.15, 0.2) is 47.5 Å². The first-order chi connectivity index (χ1) is 13.5. The number of hydrogen-bond acceptors (Lipinski definition) is 3. The van der Waals surface area contributed by atoms with E-state index in [4.69, 9.17) is 0 Å². The number of hydrogen-bond donors (Lipinski definition) is 0. The van der Waals surface area contributed by atoms with E-state index < -0.39 is 0 Å². The van der Waals surface area contributed by atoms with Gasteiger partial charge in [-0.2, -0.15) is 0 Å². The van der Waals surface area contributed by atoms with E-state index >= 15 is 0 Å². The number of amides is 1. The van der Waals surface area contributed by atoms with Crippen LogP contribution in [0.4, 0.5) is 5.69 Å². The van der Waals surface area contributed by atoms with Gasteiger partial charge >= 0.3 is 0 Å². The summed E-state index contributed by atoms with van der Waals surface area (Å²) in [6.45, 7) is 6.96. The summed E-state index contributed by atoms with van der Waals surface area (Å²) >= 11 is 0. The molecular weight excluding hydrogens is 350 g/mol. The molecule has 1 aliphatic heterocycles. The van der Waals surface area contributed by atoms with E-state index in [1.165, 1.54) is 22.0 Å². The van der Waals surface area contributed by atoms with Crippen molar-refractivity contribution in [3.63, 3.8) is 0 Å². The number of para-hydroxylation sites is 1. The van der Waals surface area contributed by atoms with Gasteiger partial charge in [0.25, 0.3) is 5.56 Å². The van der Waals surface area contributed by atoms with Gasteiger partial charge in [-0.3, -0.25) is 14.2 Å². The van der Waals surface area contributed by atoms with Crippen molar-refractivity contribution >= 4 is 22.5 Å². The first kappa shape index (κ1) is 18.4. The van der Waals surface area contributed by atoms with Crippen LogP contribution < -0.4 is 10.5 Å². The minimum atomic E-state index is -0.172. The lowest BCUT2D eigenvalue weighted by molar-refractivity contribution is -0.119. The molecule has 1 aliphatic rings. The molecule has 0 radical (unpaired) electrons. The fourth-order valence-electron chi connectivity index (χ4n) is 3.92. The van der Waals surface area contributed by atoms with E-state index in [2.05, 4.69) is 31.0 Å².